The van der Waals surface area contributed by atoms with Crippen molar-refractivity contribution in [3.63, 3.8) is 0 Å². The van der Waals surface area contributed by atoms with Gasteiger partial charge in [0, 0.05) is 16.6 Å². The molecule has 38 heavy (non-hydrogen) atoms. The lowest BCUT2D eigenvalue weighted by atomic mass is 9.52. The molecule has 0 spiro atoms. The summed E-state index contributed by atoms with van der Waals surface area (Å²) in [4.78, 5) is 35.4. The van der Waals surface area contributed by atoms with E-state index in [1.165, 1.54) is 4.90 Å². The number of carbonyl (C=O) groups is 2. The number of nitrogens with zero attached hydrogens (tertiary/aromatic N) is 2. The lowest BCUT2D eigenvalue weighted by molar-refractivity contribution is -0.122. The summed E-state index contributed by atoms with van der Waals surface area (Å²) in [6.45, 7) is 3.98. The molecule has 1 aliphatic heterocycles. The molecule has 1 saturated heterocycles. The molecule has 0 aromatic heterocycles. The highest BCUT2D eigenvalue weighted by Crippen LogP contribution is 2.60. The van der Waals surface area contributed by atoms with Crippen molar-refractivity contribution < 1.29 is 9.59 Å². The van der Waals surface area contributed by atoms with Gasteiger partial charge in [-0.2, -0.15) is 0 Å². The highest BCUT2D eigenvalue weighted by molar-refractivity contribution is 9.10. The number of hydrogen-bond acceptors (Lipinski definition) is 3. The molecule has 5 aliphatic carbocycles. The molecule has 6 aliphatic rings. The molecular weight excluding hydrogens is 536 g/mol. The van der Waals surface area contributed by atoms with Gasteiger partial charge in [0.25, 0.3) is 0 Å². The Hall–Kier alpha value is -3.83. The van der Waals surface area contributed by atoms with Crippen LogP contribution in [0.25, 0.3) is 0 Å². The standard InChI is InChI=1S/C33H25BrN2O2/c1-19-10-15-27(20(2)16-19)36-31(37)29-28-21-11-13-22(14-12-21)33(30(29)32(36)38,26-9-4-3-8-25(26)28)18-35-24-7-5-6-23(34)17-24/h3-18,28-30H,1-2H3/t28-,29+,30+,33-/m0/s1. The number of benzene rings is 4. The number of aryl methyl sites for hydroxylation is 2. The minimum Gasteiger partial charge on any atom is -0.274 e. The second-order valence-electron chi connectivity index (χ2n) is 10.6. The van der Waals surface area contributed by atoms with Crippen molar-refractivity contribution in [1.29, 1.82) is 0 Å². The SMILES string of the molecule is Cc1ccc(N2C(=O)[C@@H]3[C@H]4c5ccc(cc5)[C@@](C=Nc5cccc(Br)c5)(c5ccccc54)[C@H]3C2=O)c(C)c1. The van der Waals surface area contributed by atoms with Gasteiger partial charge in [0.15, 0.2) is 0 Å². The van der Waals surface area contributed by atoms with Crippen LogP contribution in [0.4, 0.5) is 11.4 Å². The minimum atomic E-state index is -0.890. The van der Waals surface area contributed by atoms with Crippen molar-refractivity contribution in [3.05, 3.63) is 129 Å². The molecule has 186 valence electrons. The largest absolute Gasteiger partial charge is 0.274 e. The van der Waals surface area contributed by atoms with Gasteiger partial charge in [0.2, 0.25) is 11.8 Å². The van der Waals surface area contributed by atoms with Crippen LogP contribution < -0.4 is 4.90 Å². The normalized spacial score (nSPS) is 25.0. The molecule has 1 heterocycles. The second-order valence-corrected chi connectivity index (χ2v) is 11.5. The van der Waals surface area contributed by atoms with Crippen molar-refractivity contribution in [3.8, 4) is 0 Å². The van der Waals surface area contributed by atoms with Crippen molar-refractivity contribution in [2.24, 2.45) is 16.8 Å². The first kappa shape index (κ1) is 23.3. The first-order chi connectivity index (χ1) is 18.4. The Labute approximate surface area is 230 Å². The zero-order valence-electron chi connectivity index (χ0n) is 21.1. The number of rotatable bonds is 3. The van der Waals surface area contributed by atoms with Crippen LogP contribution in [0, 0.1) is 25.7 Å². The first-order valence-corrected chi connectivity index (χ1v) is 13.6. The molecule has 4 aromatic carbocycles. The van der Waals surface area contributed by atoms with E-state index in [-0.39, 0.29) is 17.7 Å². The maximum absolute atomic E-state index is 14.6. The summed E-state index contributed by atoms with van der Waals surface area (Å²) in [5, 5.41) is 0. The Morgan fingerprint density at radius 3 is 2.42 bits per heavy atom. The Morgan fingerprint density at radius 2 is 1.66 bits per heavy atom. The maximum Gasteiger partial charge on any atom is 0.239 e. The van der Waals surface area contributed by atoms with E-state index < -0.39 is 17.3 Å². The Morgan fingerprint density at radius 1 is 0.868 bits per heavy atom. The van der Waals surface area contributed by atoms with Crippen molar-refractivity contribution in [2.75, 3.05) is 4.90 Å². The third-order valence-electron chi connectivity index (χ3n) is 8.51. The molecule has 0 radical (unpaired) electrons. The molecule has 4 aromatic rings. The molecule has 0 unspecified atom stereocenters. The van der Waals surface area contributed by atoms with E-state index in [4.69, 9.17) is 4.99 Å². The zero-order chi connectivity index (χ0) is 26.2. The number of hydrogen-bond donors (Lipinski definition) is 0. The molecular formula is C33H25BrN2O2. The molecule has 1 fully saturated rings. The predicted molar refractivity (Wildman–Crippen MR) is 153 cm³/mol. The second kappa shape index (κ2) is 8.34. The van der Waals surface area contributed by atoms with E-state index in [0.29, 0.717) is 5.69 Å². The third-order valence-corrected chi connectivity index (χ3v) is 9.00. The van der Waals surface area contributed by atoms with Crippen molar-refractivity contribution >= 4 is 45.3 Å². The lowest BCUT2D eigenvalue weighted by Gasteiger charge is -2.48. The molecule has 5 heteroatoms. The highest BCUT2D eigenvalue weighted by atomic mass is 79.9. The molecule has 4 atom stereocenters. The van der Waals surface area contributed by atoms with E-state index >= 15 is 0 Å². The molecule has 0 saturated carbocycles. The summed E-state index contributed by atoms with van der Waals surface area (Å²) in [6.07, 6.45) is 1.93. The minimum absolute atomic E-state index is 0.130. The molecule has 0 N–H and O–H groups in total. The molecule has 2 amide bonds. The topological polar surface area (TPSA) is 49.7 Å². The molecule has 4 nitrogen and oxygen atoms in total. The predicted octanol–water partition coefficient (Wildman–Crippen LogP) is 7.02. The third kappa shape index (κ3) is 3.11. The average molecular weight is 561 g/mol. The van der Waals surface area contributed by atoms with Gasteiger partial charge in [-0.15, -0.1) is 0 Å². The smallest absolute Gasteiger partial charge is 0.239 e. The molecule has 10 rings (SSSR count). The van der Waals surface area contributed by atoms with E-state index in [1.807, 2.05) is 74.7 Å². The lowest BCUT2D eigenvalue weighted by Crippen LogP contribution is -2.51. The van der Waals surface area contributed by atoms with Crippen LogP contribution in [-0.4, -0.2) is 18.0 Å². The van der Waals surface area contributed by atoms with Crippen molar-refractivity contribution in [2.45, 2.75) is 25.2 Å². The number of amides is 2. The van der Waals surface area contributed by atoms with Crippen LogP contribution in [0.1, 0.15) is 39.3 Å². The Balaban J connectivity index is 1.52. The van der Waals surface area contributed by atoms with Crippen LogP contribution in [0.3, 0.4) is 0 Å². The summed E-state index contributed by atoms with van der Waals surface area (Å²) >= 11 is 3.55. The van der Waals surface area contributed by atoms with E-state index in [9.17, 15) is 9.59 Å². The van der Waals surface area contributed by atoms with Crippen LogP contribution in [0.2, 0.25) is 0 Å². The van der Waals surface area contributed by atoms with Crippen LogP contribution >= 0.6 is 15.9 Å². The van der Waals surface area contributed by atoms with Gasteiger partial charge in [-0.1, -0.05) is 88.2 Å². The maximum atomic E-state index is 14.6. The van der Waals surface area contributed by atoms with Gasteiger partial charge in [0.05, 0.1) is 28.6 Å². The fraction of sp³-hybridized carbons (Fsp3) is 0.182. The van der Waals surface area contributed by atoms with E-state index in [2.05, 4.69) is 52.3 Å². The van der Waals surface area contributed by atoms with Crippen LogP contribution in [-0.2, 0) is 15.0 Å². The fourth-order valence-electron chi connectivity index (χ4n) is 6.95. The number of carbonyl (C=O) groups excluding carboxylic acids is 2. The number of aliphatic imine (C=N–C) groups is 1. The van der Waals surface area contributed by atoms with Gasteiger partial charge in [0.1, 0.15) is 0 Å². The number of imide groups is 1. The average Bonchev–Trinajstić information content (AvgIpc) is 3.15. The van der Waals surface area contributed by atoms with Gasteiger partial charge in [-0.25, -0.2) is 4.90 Å². The number of halogens is 1. The monoisotopic (exact) mass is 560 g/mol. The zero-order valence-corrected chi connectivity index (χ0v) is 22.6. The Bertz CT molecular complexity index is 1670. The Kier molecular flexibility index (Phi) is 5.11. The van der Waals surface area contributed by atoms with Crippen molar-refractivity contribution in [1.82, 2.24) is 0 Å². The quantitative estimate of drug-likeness (QED) is 0.199. The highest BCUT2D eigenvalue weighted by Gasteiger charge is 2.65. The molecule has 4 bridgehead atoms. The summed E-state index contributed by atoms with van der Waals surface area (Å²) < 4.78 is 0.932. The summed E-state index contributed by atoms with van der Waals surface area (Å²) in [5.41, 5.74) is 6.77. The van der Waals surface area contributed by atoms with Crippen LogP contribution in [0.15, 0.2) is 100 Å². The fourth-order valence-corrected chi connectivity index (χ4v) is 7.34. The summed E-state index contributed by atoms with van der Waals surface area (Å²) in [5.74, 6) is -1.62. The van der Waals surface area contributed by atoms with Gasteiger partial charge in [-0.05, 0) is 65.9 Å². The summed E-state index contributed by atoms with van der Waals surface area (Å²) in [6, 6.07) is 30.4. The van der Waals surface area contributed by atoms with Gasteiger partial charge in [-0.3, -0.25) is 14.6 Å². The van der Waals surface area contributed by atoms with Crippen LogP contribution in [0.5, 0.6) is 0 Å². The first-order valence-electron chi connectivity index (χ1n) is 12.9. The van der Waals surface area contributed by atoms with E-state index in [0.717, 1.165) is 43.5 Å². The number of anilines is 1. The van der Waals surface area contributed by atoms with Gasteiger partial charge < -0.3 is 0 Å². The van der Waals surface area contributed by atoms with E-state index in [1.54, 1.807) is 0 Å². The summed E-state index contributed by atoms with van der Waals surface area (Å²) in [7, 11) is 0. The van der Waals surface area contributed by atoms with Gasteiger partial charge >= 0.3 is 0 Å².